The average Bonchev–Trinajstić information content (AvgIpc) is 3.10. The molecule has 2 nitrogen and oxygen atoms in total. The zero-order chi connectivity index (χ0) is 20.6. The van der Waals surface area contributed by atoms with Gasteiger partial charge < -0.3 is 10.1 Å². The van der Waals surface area contributed by atoms with Crippen LogP contribution in [0.3, 0.4) is 0 Å². The van der Waals surface area contributed by atoms with Gasteiger partial charge in [-0.2, -0.15) is 22.0 Å². The molecule has 1 N–H and O–H groups in total. The first-order valence-corrected chi connectivity index (χ1v) is 9.19. The third-order valence-electron chi connectivity index (χ3n) is 5.28. The Kier molecular flexibility index (Phi) is 5.06. The van der Waals surface area contributed by atoms with Gasteiger partial charge in [-0.3, -0.25) is 0 Å². The Bertz CT molecular complexity index is 964. The molecule has 1 fully saturated rings. The lowest BCUT2D eigenvalue weighted by Crippen LogP contribution is -2.14. The van der Waals surface area contributed by atoms with Crippen molar-refractivity contribution in [2.75, 3.05) is 0 Å². The predicted octanol–water partition coefficient (Wildman–Crippen LogP) is 6.33. The molecule has 0 saturated carbocycles. The lowest BCUT2D eigenvalue weighted by Gasteiger charge is -2.19. The van der Waals surface area contributed by atoms with Gasteiger partial charge in [-0.15, -0.1) is 0 Å². The Morgan fingerprint density at radius 2 is 1.79 bits per heavy atom. The highest BCUT2D eigenvalue weighted by Crippen LogP contribution is 2.42. The molecule has 1 aliphatic heterocycles. The maximum Gasteiger partial charge on any atom is 0.416 e. The van der Waals surface area contributed by atoms with Gasteiger partial charge in [0.1, 0.15) is 5.75 Å². The molecule has 2 atom stereocenters. The number of hydrogen-bond donors (Lipinski definition) is 1. The van der Waals surface area contributed by atoms with E-state index in [0.29, 0.717) is 18.4 Å². The summed E-state index contributed by atoms with van der Waals surface area (Å²) in [7, 11) is 0. The van der Waals surface area contributed by atoms with Gasteiger partial charge in [-0.25, -0.2) is 0 Å². The number of allylic oxidation sites excluding steroid dienone is 4. The molecule has 2 aromatic rings. The first-order valence-electron chi connectivity index (χ1n) is 9.19. The highest BCUT2D eigenvalue weighted by molar-refractivity contribution is 5.70. The van der Waals surface area contributed by atoms with Crippen molar-refractivity contribution in [3.8, 4) is 5.75 Å². The quantitative estimate of drug-likeness (QED) is 0.598. The molecule has 7 heteroatoms. The molecule has 29 heavy (non-hydrogen) atoms. The van der Waals surface area contributed by atoms with Crippen LogP contribution < -0.4 is 10.1 Å². The molecule has 2 aliphatic rings. The van der Waals surface area contributed by atoms with Crippen LogP contribution in [0, 0.1) is 5.92 Å². The standard InChI is InChI=1S/C22H18F5NO/c23-21(24)29-18-6-2-3-13(11-18)14-7-8-19-16(9-14)12-20(28-19)15-4-1-5-17(10-15)22(25,26)27/h1-8,10-11,16,20-21,28H,9,12H2. The second-order valence-corrected chi connectivity index (χ2v) is 7.18. The molecule has 2 aromatic carbocycles. The van der Waals surface area contributed by atoms with Crippen LogP contribution in [0.15, 0.2) is 66.4 Å². The average molecular weight is 407 g/mol. The van der Waals surface area contributed by atoms with E-state index in [1.54, 1.807) is 18.2 Å². The van der Waals surface area contributed by atoms with Crippen molar-refractivity contribution in [3.63, 3.8) is 0 Å². The van der Waals surface area contributed by atoms with Crippen LogP contribution in [0.1, 0.15) is 35.6 Å². The number of hydrogen-bond acceptors (Lipinski definition) is 2. The highest BCUT2D eigenvalue weighted by atomic mass is 19.4. The van der Waals surface area contributed by atoms with Crippen molar-refractivity contribution in [2.45, 2.75) is 31.7 Å². The van der Waals surface area contributed by atoms with E-state index < -0.39 is 18.4 Å². The summed E-state index contributed by atoms with van der Waals surface area (Å²) < 4.78 is 68.4. The van der Waals surface area contributed by atoms with Gasteiger partial charge in [0.15, 0.2) is 0 Å². The molecular weight excluding hydrogens is 389 g/mol. The molecule has 0 bridgehead atoms. The summed E-state index contributed by atoms with van der Waals surface area (Å²) in [6.07, 6.45) is 0.789. The molecule has 0 radical (unpaired) electrons. The van der Waals surface area contributed by atoms with E-state index in [1.807, 2.05) is 18.2 Å². The molecule has 2 unspecified atom stereocenters. The van der Waals surface area contributed by atoms with Crippen molar-refractivity contribution in [1.82, 2.24) is 5.32 Å². The van der Waals surface area contributed by atoms with Gasteiger partial charge in [0, 0.05) is 11.6 Å². The van der Waals surface area contributed by atoms with Gasteiger partial charge in [-0.05, 0) is 59.9 Å². The zero-order valence-electron chi connectivity index (χ0n) is 15.2. The van der Waals surface area contributed by atoms with E-state index in [4.69, 9.17) is 0 Å². The first-order chi connectivity index (χ1) is 13.8. The third kappa shape index (κ3) is 4.28. The lowest BCUT2D eigenvalue weighted by molar-refractivity contribution is -0.137. The molecule has 0 amide bonds. The van der Waals surface area contributed by atoms with Crippen molar-refractivity contribution >= 4 is 5.57 Å². The summed E-state index contributed by atoms with van der Waals surface area (Å²) in [6.45, 7) is -2.88. The fourth-order valence-electron chi connectivity index (χ4n) is 3.93. The lowest BCUT2D eigenvalue weighted by atomic mass is 9.86. The van der Waals surface area contributed by atoms with Crippen LogP contribution in [0.5, 0.6) is 5.75 Å². The highest BCUT2D eigenvalue weighted by Gasteiger charge is 2.34. The molecule has 1 heterocycles. The fourth-order valence-corrected chi connectivity index (χ4v) is 3.93. The minimum Gasteiger partial charge on any atom is -0.435 e. The van der Waals surface area contributed by atoms with E-state index in [0.717, 1.165) is 22.9 Å². The fraction of sp³-hybridized carbons (Fsp3) is 0.273. The molecular formula is C22H18F5NO. The van der Waals surface area contributed by atoms with Gasteiger partial charge in [-0.1, -0.05) is 30.3 Å². The summed E-state index contributed by atoms with van der Waals surface area (Å²) in [5.74, 6) is 0.230. The summed E-state index contributed by atoms with van der Waals surface area (Å²) in [5.41, 5.74) is 2.70. The summed E-state index contributed by atoms with van der Waals surface area (Å²) in [5, 5.41) is 3.32. The van der Waals surface area contributed by atoms with Crippen molar-refractivity contribution in [1.29, 1.82) is 0 Å². The monoisotopic (exact) mass is 407 g/mol. The number of nitrogens with one attached hydrogen (secondary N) is 1. The van der Waals surface area contributed by atoms with Crippen LogP contribution in [0.2, 0.25) is 0 Å². The molecule has 0 spiro atoms. The number of fused-ring (bicyclic) bond motifs is 1. The molecule has 4 rings (SSSR count). The van der Waals surface area contributed by atoms with E-state index in [2.05, 4.69) is 10.1 Å². The van der Waals surface area contributed by atoms with E-state index in [-0.39, 0.29) is 17.7 Å². The van der Waals surface area contributed by atoms with Gasteiger partial charge in [0.05, 0.1) is 11.6 Å². The Labute approximate surface area is 164 Å². The number of benzene rings is 2. The van der Waals surface area contributed by atoms with Gasteiger partial charge in [0.2, 0.25) is 0 Å². The van der Waals surface area contributed by atoms with Crippen LogP contribution in [-0.4, -0.2) is 6.61 Å². The predicted molar refractivity (Wildman–Crippen MR) is 99.2 cm³/mol. The number of halogens is 5. The second-order valence-electron chi connectivity index (χ2n) is 7.18. The van der Waals surface area contributed by atoms with Crippen molar-refractivity contribution in [2.24, 2.45) is 5.92 Å². The number of alkyl halides is 5. The number of rotatable bonds is 4. The van der Waals surface area contributed by atoms with Gasteiger partial charge >= 0.3 is 12.8 Å². The SMILES string of the molecule is FC(F)Oc1cccc(C2=CC=C3NC(c4cccc(C(F)(F)F)c4)CC3C2)c1. The largest absolute Gasteiger partial charge is 0.435 e. The summed E-state index contributed by atoms with van der Waals surface area (Å²) >= 11 is 0. The van der Waals surface area contributed by atoms with Crippen LogP contribution >= 0.6 is 0 Å². The Morgan fingerprint density at radius 1 is 1.00 bits per heavy atom. The van der Waals surface area contributed by atoms with E-state index in [9.17, 15) is 22.0 Å². The minimum atomic E-state index is -4.37. The smallest absolute Gasteiger partial charge is 0.416 e. The summed E-state index contributed by atoms with van der Waals surface area (Å²) in [4.78, 5) is 0. The molecule has 1 saturated heterocycles. The minimum absolute atomic E-state index is 0.0968. The maximum absolute atomic E-state index is 13.0. The molecule has 1 aliphatic carbocycles. The molecule has 152 valence electrons. The van der Waals surface area contributed by atoms with E-state index >= 15 is 0 Å². The Morgan fingerprint density at radius 3 is 2.55 bits per heavy atom. The van der Waals surface area contributed by atoms with E-state index in [1.165, 1.54) is 18.2 Å². The van der Waals surface area contributed by atoms with Crippen LogP contribution in [-0.2, 0) is 6.18 Å². The Balaban J connectivity index is 1.49. The number of ether oxygens (including phenoxy) is 1. The maximum atomic E-state index is 13.0. The topological polar surface area (TPSA) is 21.3 Å². The van der Waals surface area contributed by atoms with Crippen LogP contribution in [0.4, 0.5) is 22.0 Å². The van der Waals surface area contributed by atoms with Gasteiger partial charge in [0.25, 0.3) is 0 Å². The normalized spacial score (nSPS) is 21.3. The zero-order valence-corrected chi connectivity index (χ0v) is 15.2. The first kappa shape index (κ1) is 19.5. The summed E-state index contributed by atoms with van der Waals surface area (Å²) in [6, 6.07) is 11.7. The van der Waals surface area contributed by atoms with Crippen molar-refractivity contribution < 1.29 is 26.7 Å². The Hall–Kier alpha value is -2.83. The second kappa shape index (κ2) is 7.54. The van der Waals surface area contributed by atoms with Crippen molar-refractivity contribution in [3.05, 3.63) is 83.1 Å². The third-order valence-corrected chi connectivity index (χ3v) is 5.28. The molecule has 0 aromatic heterocycles. The van der Waals surface area contributed by atoms with Crippen LogP contribution in [0.25, 0.3) is 5.57 Å².